The molecule has 1 aromatic rings. The van der Waals surface area contributed by atoms with Gasteiger partial charge >= 0.3 is 0 Å². The molecule has 0 aliphatic heterocycles. The summed E-state index contributed by atoms with van der Waals surface area (Å²) < 4.78 is 0. The van der Waals surface area contributed by atoms with Gasteiger partial charge in [-0.25, -0.2) is 15.8 Å². The summed E-state index contributed by atoms with van der Waals surface area (Å²) in [6.45, 7) is 6.50. The zero-order valence-electron chi connectivity index (χ0n) is 11.7. The molecule has 100 valence electrons. The zero-order chi connectivity index (χ0) is 13.2. The van der Waals surface area contributed by atoms with Gasteiger partial charge in [-0.2, -0.15) is 0 Å². The van der Waals surface area contributed by atoms with Gasteiger partial charge in [0.05, 0.1) is 5.69 Å². The summed E-state index contributed by atoms with van der Waals surface area (Å²) in [5, 5.41) is 0. The monoisotopic (exact) mass is 248 g/mol. The number of hydrazine groups is 1. The van der Waals surface area contributed by atoms with Gasteiger partial charge in [-0.3, -0.25) is 0 Å². The van der Waals surface area contributed by atoms with Crippen LogP contribution >= 0.6 is 0 Å². The first-order valence-electron chi connectivity index (χ1n) is 6.87. The summed E-state index contributed by atoms with van der Waals surface area (Å²) in [7, 11) is 0. The number of nitrogens with zero attached hydrogens (tertiary/aromatic N) is 2. The molecule has 1 aliphatic carbocycles. The molecule has 0 amide bonds. The lowest BCUT2D eigenvalue weighted by atomic mass is 9.87. The van der Waals surface area contributed by atoms with Crippen LogP contribution in [0.15, 0.2) is 6.07 Å². The molecule has 3 N–H and O–H groups in total. The average Bonchev–Trinajstić information content (AvgIpc) is 2.38. The highest BCUT2D eigenvalue weighted by Crippen LogP contribution is 2.32. The molecule has 1 aliphatic rings. The van der Waals surface area contributed by atoms with Crippen molar-refractivity contribution in [2.75, 3.05) is 5.43 Å². The number of anilines is 1. The number of rotatable bonds is 2. The Morgan fingerprint density at radius 2 is 1.83 bits per heavy atom. The van der Waals surface area contributed by atoms with E-state index in [9.17, 15) is 0 Å². The smallest absolute Gasteiger partial charge is 0.143 e. The van der Waals surface area contributed by atoms with Crippen LogP contribution in [0.25, 0.3) is 0 Å². The summed E-state index contributed by atoms with van der Waals surface area (Å²) in [4.78, 5) is 9.31. The fourth-order valence-electron chi connectivity index (χ4n) is 2.47. The van der Waals surface area contributed by atoms with E-state index >= 15 is 0 Å². The predicted molar refractivity (Wildman–Crippen MR) is 74.4 cm³/mol. The number of nitrogen functional groups attached to an aromatic ring is 1. The lowest BCUT2D eigenvalue weighted by Gasteiger charge is -2.24. The van der Waals surface area contributed by atoms with Crippen molar-refractivity contribution in [1.82, 2.24) is 9.97 Å². The fraction of sp³-hybridized carbons (Fsp3) is 0.714. The minimum Gasteiger partial charge on any atom is -0.308 e. The molecular weight excluding hydrogens is 224 g/mol. The first kappa shape index (κ1) is 13.3. The van der Waals surface area contributed by atoms with Gasteiger partial charge < -0.3 is 5.43 Å². The van der Waals surface area contributed by atoms with Crippen LogP contribution in [0.3, 0.4) is 0 Å². The van der Waals surface area contributed by atoms with Crippen molar-refractivity contribution < 1.29 is 0 Å². The standard InChI is InChI=1S/C14H24N4/c1-14(2,3)11-9-12(18-15)17-13(16-11)10-7-5-4-6-8-10/h9-10H,4-8,15H2,1-3H3,(H,16,17,18). The maximum atomic E-state index is 5.52. The second-order valence-electron chi connectivity index (χ2n) is 6.23. The first-order valence-corrected chi connectivity index (χ1v) is 6.87. The summed E-state index contributed by atoms with van der Waals surface area (Å²) in [5.74, 6) is 7.73. The molecule has 0 atom stereocenters. The fourth-order valence-corrected chi connectivity index (χ4v) is 2.47. The quantitative estimate of drug-likeness (QED) is 0.623. The highest BCUT2D eigenvalue weighted by atomic mass is 15.3. The maximum Gasteiger partial charge on any atom is 0.143 e. The van der Waals surface area contributed by atoms with E-state index < -0.39 is 0 Å². The van der Waals surface area contributed by atoms with Gasteiger partial charge in [0, 0.05) is 17.4 Å². The predicted octanol–water partition coefficient (Wildman–Crippen LogP) is 3.11. The molecule has 0 radical (unpaired) electrons. The average molecular weight is 248 g/mol. The Hall–Kier alpha value is -1.16. The summed E-state index contributed by atoms with van der Waals surface area (Å²) in [5.41, 5.74) is 3.75. The Kier molecular flexibility index (Phi) is 3.85. The van der Waals surface area contributed by atoms with E-state index in [0.717, 1.165) is 17.3 Å². The van der Waals surface area contributed by atoms with Gasteiger partial charge in [0.2, 0.25) is 0 Å². The lowest BCUT2D eigenvalue weighted by Crippen LogP contribution is -2.20. The van der Waals surface area contributed by atoms with E-state index in [1.807, 2.05) is 6.07 Å². The van der Waals surface area contributed by atoms with Gasteiger partial charge in [-0.05, 0) is 12.8 Å². The van der Waals surface area contributed by atoms with Crippen LogP contribution in [0.1, 0.15) is 70.3 Å². The second kappa shape index (κ2) is 5.22. The third-order valence-corrected chi connectivity index (χ3v) is 3.63. The van der Waals surface area contributed by atoms with Crippen LogP contribution in [0.4, 0.5) is 5.82 Å². The molecule has 1 fully saturated rings. The minimum absolute atomic E-state index is 0.0258. The second-order valence-corrected chi connectivity index (χ2v) is 6.23. The van der Waals surface area contributed by atoms with Crippen LogP contribution in [-0.4, -0.2) is 9.97 Å². The van der Waals surface area contributed by atoms with Gasteiger partial charge in [0.15, 0.2) is 0 Å². The van der Waals surface area contributed by atoms with Crippen LogP contribution in [0.2, 0.25) is 0 Å². The Bertz CT molecular complexity index is 403. The molecule has 0 unspecified atom stereocenters. The summed E-state index contributed by atoms with van der Waals surface area (Å²) in [6.07, 6.45) is 6.34. The molecule has 0 saturated heterocycles. The molecular formula is C14H24N4. The minimum atomic E-state index is 0.0258. The van der Waals surface area contributed by atoms with Crippen molar-refractivity contribution in [3.63, 3.8) is 0 Å². The molecule has 1 saturated carbocycles. The summed E-state index contributed by atoms with van der Waals surface area (Å²) in [6, 6.07) is 1.95. The van der Waals surface area contributed by atoms with Crippen LogP contribution in [0, 0.1) is 0 Å². The van der Waals surface area contributed by atoms with Crippen molar-refractivity contribution in [2.24, 2.45) is 5.84 Å². The van der Waals surface area contributed by atoms with E-state index in [1.54, 1.807) is 0 Å². The first-order chi connectivity index (χ1) is 8.50. The Labute approximate surface area is 109 Å². The van der Waals surface area contributed by atoms with Gasteiger partial charge in [-0.1, -0.05) is 40.0 Å². The molecule has 0 aromatic carbocycles. The maximum absolute atomic E-state index is 5.52. The Morgan fingerprint density at radius 3 is 2.39 bits per heavy atom. The largest absolute Gasteiger partial charge is 0.308 e. The van der Waals surface area contributed by atoms with E-state index in [-0.39, 0.29) is 5.41 Å². The highest BCUT2D eigenvalue weighted by Gasteiger charge is 2.23. The van der Waals surface area contributed by atoms with Crippen molar-refractivity contribution in [1.29, 1.82) is 0 Å². The molecule has 1 aromatic heterocycles. The van der Waals surface area contributed by atoms with Crippen molar-refractivity contribution in [3.8, 4) is 0 Å². The SMILES string of the molecule is CC(C)(C)c1cc(NN)nc(C2CCCCC2)n1. The van der Waals surface area contributed by atoms with E-state index in [1.165, 1.54) is 32.1 Å². The molecule has 4 heteroatoms. The third kappa shape index (κ3) is 2.99. The number of nitrogens with two attached hydrogens (primary N) is 1. The van der Waals surface area contributed by atoms with Crippen LogP contribution in [0.5, 0.6) is 0 Å². The van der Waals surface area contributed by atoms with E-state index in [4.69, 9.17) is 10.8 Å². The molecule has 18 heavy (non-hydrogen) atoms. The number of hydrogen-bond donors (Lipinski definition) is 2. The van der Waals surface area contributed by atoms with Gasteiger partial charge in [0.1, 0.15) is 11.6 Å². The third-order valence-electron chi connectivity index (χ3n) is 3.63. The molecule has 2 rings (SSSR count). The van der Waals surface area contributed by atoms with Crippen molar-refractivity contribution in [3.05, 3.63) is 17.6 Å². The van der Waals surface area contributed by atoms with E-state index in [0.29, 0.717) is 5.92 Å². The summed E-state index contributed by atoms with van der Waals surface area (Å²) >= 11 is 0. The number of hydrogen-bond acceptors (Lipinski definition) is 4. The molecule has 1 heterocycles. The van der Waals surface area contributed by atoms with Gasteiger partial charge in [0.25, 0.3) is 0 Å². The lowest BCUT2D eigenvalue weighted by molar-refractivity contribution is 0.425. The van der Waals surface area contributed by atoms with Crippen LogP contribution in [-0.2, 0) is 5.41 Å². The molecule has 4 nitrogen and oxygen atoms in total. The van der Waals surface area contributed by atoms with Gasteiger partial charge in [-0.15, -0.1) is 0 Å². The van der Waals surface area contributed by atoms with Crippen molar-refractivity contribution >= 4 is 5.82 Å². The van der Waals surface area contributed by atoms with E-state index in [2.05, 4.69) is 31.2 Å². The normalized spacial score (nSPS) is 17.8. The van der Waals surface area contributed by atoms with Crippen LogP contribution < -0.4 is 11.3 Å². The molecule has 0 bridgehead atoms. The number of aromatic nitrogens is 2. The number of nitrogens with one attached hydrogen (secondary N) is 1. The Morgan fingerprint density at radius 1 is 1.17 bits per heavy atom. The topological polar surface area (TPSA) is 63.8 Å². The highest BCUT2D eigenvalue weighted by molar-refractivity contribution is 5.37. The zero-order valence-corrected chi connectivity index (χ0v) is 11.7. The van der Waals surface area contributed by atoms with Crippen molar-refractivity contribution in [2.45, 2.75) is 64.2 Å². The molecule has 0 spiro atoms. The Balaban J connectivity index is 2.34.